The minimum atomic E-state index is -0.964. The Hall–Kier alpha value is -3.31. The van der Waals surface area contributed by atoms with Gasteiger partial charge in [0.25, 0.3) is 0 Å². The summed E-state index contributed by atoms with van der Waals surface area (Å²) >= 11 is 0. The summed E-state index contributed by atoms with van der Waals surface area (Å²) in [5, 5.41) is 1.86. The summed E-state index contributed by atoms with van der Waals surface area (Å²) in [6.45, 7) is 1.91. The Labute approximate surface area is 163 Å². The molecule has 0 radical (unpaired) electrons. The minimum absolute atomic E-state index is 0.258. The van der Waals surface area contributed by atoms with Crippen LogP contribution in [0.25, 0.3) is 0 Å². The van der Waals surface area contributed by atoms with Crippen LogP contribution >= 0.6 is 0 Å². The van der Waals surface area contributed by atoms with E-state index >= 15 is 0 Å². The van der Waals surface area contributed by atoms with Crippen LogP contribution < -0.4 is 9.96 Å². The second-order valence-electron chi connectivity index (χ2n) is 7.14. The van der Waals surface area contributed by atoms with E-state index in [-0.39, 0.29) is 6.04 Å². The Morgan fingerprint density at radius 3 is 1.93 bits per heavy atom. The lowest BCUT2D eigenvalue weighted by molar-refractivity contribution is -0.0144. The second kappa shape index (κ2) is 6.39. The third-order valence-corrected chi connectivity index (χ3v) is 5.37. The zero-order chi connectivity index (χ0) is 19.1. The summed E-state index contributed by atoms with van der Waals surface area (Å²) in [6.07, 6.45) is -0.879. The molecule has 3 aromatic carbocycles. The van der Waals surface area contributed by atoms with E-state index in [1.807, 2.05) is 103 Å². The van der Waals surface area contributed by atoms with E-state index in [1.54, 1.807) is 4.90 Å². The highest BCUT2D eigenvalue weighted by Crippen LogP contribution is 2.51. The largest absolute Gasteiger partial charge is 0.438 e. The second-order valence-corrected chi connectivity index (χ2v) is 7.14. The molecular weight excluding hydrogens is 352 g/mol. The molecule has 2 aliphatic rings. The molecule has 28 heavy (non-hydrogen) atoms. The van der Waals surface area contributed by atoms with E-state index in [9.17, 15) is 4.79 Å². The number of para-hydroxylation sites is 2. The number of hydrogen-bond donors (Lipinski definition) is 0. The number of carbonyl (C=O) groups is 1. The molecule has 2 saturated heterocycles. The van der Waals surface area contributed by atoms with Gasteiger partial charge in [-0.05, 0) is 36.8 Å². The molecule has 0 aliphatic carbocycles. The van der Waals surface area contributed by atoms with Gasteiger partial charge in [0.05, 0.1) is 11.4 Å². The molecule has 2 heterocycles. The predicted molar refractivity (Wildman–Crippen MR) is 107 cm³/mol. The average molecular weight is 372 g/mol. The first-order valence-electron chi connectivity index (χ1n) is 9.33. The summed E-state index contributed by atoms with van der Waals surface area (Å²) in [5.41, 5.74) is 1.73. The van der Waals surface area contributed by atoms with Gasteiger partial charge in [0.1, 0.15) is 6.04 Å². The van der Waals surface area contributed by atoms with Gasteiger partial charge in [0.15, 0.2) is 6.10 Å². The molecule has 0 saturated carbocycles. The van der Waals surface area contributed by atoms with Crippen molar-refractivity contribution in [2.24, 2.45) is 0 Å². The third-order valence-electron chi connectivity index (χ3n) is 5.37. The van der Waals surface area contributed by atoms with Crippen LogP contribution in [-0.4, -0.2) is 17.9 Å². The first kappa shape index (κ1) is 16.8. The monoisotopic (exact) mass is 372 g/mol. The van der Waals surface area contributed by atoms with Gasteiger partial charge in [-0.1, -0.05) is 66.7 Å². The first-order valence-corrected chi connectivity index (χ1v) is 9.33. The highest BCUT2D eigenvalue weighted by molar-refractivity contribution is 5.92. The van der Waals surface area contributed by atoms with Crippen molar-refractivity contribution in [3.05, 3.63) is 96.6 Å². The van der Waals surface area contributed by atoms with Crippen LogP contribution in [0.3, 0.4) is 0 Å². The smallest absolute Gasteiger partial charge is 0.417 e. The highest BCUT2D eigenvalue weighted by Gasteiger charge is 2.64. The van der Waals surface area contributed by atoms with Crippen molar-refractivity contribution in [3.63, 3.8) is 0 Å². The molecule has 0 N–H and O–H groups in total. The quantitative estimate of drug-likeness (QED) is 0.654. The molecule has 3 atom stereocenters. The lowest BCUT2D eigenvalue weighted by atomic mass is 9.95. The zero-order valence-corrected chi connectivity index (χ0v) is 15.4. The standard InChI is InChI=1S/C23H20N2O3/c1-23-21(27-22(26)24(23)18-13-7-3-8-14-18)20(17-11-5-2-6-12-17)25(28-23)19-15-9-4-10-16-19/h2-16,20-21H,1H3. The van der Waals surface area contributed by atoms with Gasteiger partial charge >= 0.3 is 6.09 Å². The van der Waals surface area contributed by atoms with Gasteiger partial charge < -0.3 is 4.74 Å². The number of rotatable bonds is 3. The lowest BCUT2D eigenvalue weighted by Gasteiger charge is -2.31. The normalized spacial score (nSPS) is 26.2. The summed E-state index contributed by atoms with van der Waals surface area (Å²) in [5.74, 6) is 0. The van der Waals surface area contributed by atoms with Gasteiger partial charge in [-0.2, -0.15) is 0 Å². The predicted octanol–water partition coefficient (Wildman–Crippen LogP) is 4.92. The Kier molecular flexibility index (Phi) is 3.84. The summed E-state index contributed by atoms with van der Waals surface area (Å²) in [6, 6.07) is 29.2. The van der Waals surface area contributed by atoms with E-state index in [2.05, 4.69) is 0 Å². The van der Waals surface area contributed by atoms with Crippen LogP contribution in [0.1, 0.15) is 18.5 Å². The molecule has 1 amide bonds. The Balaban J connectivity index is 1.63. The number of amides is 1. The van der Waals surface area contributed by atoms with Crippen molar-refractivity contribution in [2.45, 2.75) is 24.8 Å². The maximum Gasteiger partial charge on any atom is 0.417 e. The average Bonchev–Trinajstić information content (AvgIpc) is 3.16. The number of hydrogen-bond acceptors (Lipinski definition) is 4. The van der Waals surface area contributed by atoms with E-state index in [1.165, 1.54) is 0 Å². The SMILES string of the molecule is CC12ON(c3ccccc3)C(c3ccccc3)C1OC(=O)N2c1ccccc1. The fraction of sp³-hybridized carbons (Fsp3) is 0.174. The molecule has 0 bridgehead atoms. The number of benzene rings is 3. The van der Waals surface area contributed by atoms with E-state index in [4.69, 9.17) is 9.57 Å². The molecule has 2 aliphatic heterocycles. The summed E-state index contributed by atoms with van der Waals surface area (Å²) in [7, 11) is 0. The van der Waals surface area contributed by atoms with Gasteiger partial charge in [-0.25, -0.2) is 19.6 Å². The molecule has 5 heteroatoms. The lowest BCUT2D eigenvalue weighted by Crippen LogP contribution is -2.48. The van der Waals surface area contributed by atoms with E-state index < -0.39 is 17.9 Å². The summed E-state index contributed by atoms with van der Waals surface area (Å²) < 4.78 is 5.89. The molecule has 140 valence electrons. The van der Waals surface area contributed by atoms with Crippen LogP contribution in [-0.2, 0) is 9.57 Å². The number of carbonyl (C=O) groups excluding carboxylic acids is 1. The van der Waals surface area contributed by atoms with E-state index in [0.717, 1.165) is 16.9 Å². The Morgan fingerprint density at radius 1 is 0.786 bits per heavy atom. The number of nitrogens with zero attached hydrogens (tertiary/aromatic N) is 2. The van der Waals surface area contributed by atoms with Crippen molar-refractivity contribution in [1.82, 2.24) is 0 Å². The van der Waals surface area contributed by atoms with Crippen molar-refractivity contribution in [1.29, 1.82) is 0 Å². The molecule has 3 aromatic rings. The maximum atomic E-state index is 12.8. The van der Waals surface area contributed by atoms with Crippen LogP contribution in [0.2, 0.25) is 0 Å². The first-order chi connectivity index (χ1) is 13.7. The zero-order valence-electron chi connectivity index (χ0n) is 15.4. The Morgan fingerprint density at radius 2 is 1.32 bits per heavy atom. The maximum absolute atomic E-state index is 12.8. The van der Waals surface area contributed by atoms with Gasteiger partial charge in [0, 0.05) is 0 Å². The fourth-order valence-electron chi connectivity index (χ4n) is 4.10. The molecule has 0 aromatic heterocycles. The fourth-order valence-corrected chi connectivity index (χ4v) is 4.10. The van der Waals surface area contributed by atoms with Crippen LogP contribution in [0, 0.1) is 0 Å². The van der Waals surface area contributed by atoms with Crippen molar-refractivity contribution < 1.29 is 14.4 Å². The van der Waals surface area contributed by atoms with Crippen molar-refractivity contribution >= 4 is 17.5 Å². The minimum Gasteiger partial charge on any atom is -0.438 e. The number of anilines is 2. The van der Waals surface area contributed by atoms with Crippen LogP contribution in [0.4, 0.5) is 16.2 Å². The van der Waals surface area contributed by atoms with Gasteiger partial charge in [-0.3, -0.25) is 0 Å². The van der Waals surface area contributed by atoms with Crippen LogP contribution in [0.15, 0.2) is 91.0 Å². The van der Waals surface area contributed by atoms with Crippen LogP contribution in [0.5, 0.6) is 0 Å². The van der Waals surface area contributed by atoms with E-state index in [0.29, 0.717) is 0 Å². The molecule has 5 rings (SSSR count). The summed E-state index contributed by atoms with van der Waals surface area (Å²) in [4.78, 5) is 20.9. The van der Waals surface area contributed by atoms with Gasteiger partial charge in [0.2, 0.25) is 5.72 Å². The molecule has 3 unspecified atom stereocenters. The Bertz CT molecular complexity index is 981. The molecular formula is C23H20N2O3. The highest BCUT2D eigenvalue weighted by atomic mass is 16.8. The third kappa shape index (κ3) is 2.47. The number of ether oxygens (including phenoxy) is 1. The topological polar surface area (TPSA) is 42.0 Å². The van der Waals surface area contributed by atoms with Gasteiger partial charge in [-0.15, -0.1) is 0 Å². The van der Waals surface area contributed by atoms with Crippen molar-refractivity contribution in [3.8, 4) is 0 Å². The number of fused-ring (bicyclic) bond motifs is 1. The molecule has 0 spiro atoms. The van der Waals surface area contributed by atoms with Crippen molar-refractivity contribution in [2.75, 3.05) is 9.96 Å². The number of hydroxylamine groups is 1. The molecule has 2 fully saturated rings. The molecule has 5 nitrogen and oxygen atoms in total.